The van der Waals surface area contributed by atoms with Crippen molar-refractivity contribution in [3.63, 3.8) is 0 Å². The molecule has 0 amide bonds. The van der Waals surface area contributed by atoms with Gasteiger partial charge in [-0.3, -0.25) is 4.79 Å². The second-order valence-electron chi connectivity index (χ2n) is 10.2. The Kier molecular flexibility index (Phi) is 8.66. The Balaban J connectivity index is 1.48. The normalized spacial score (nSPS) is 31.2. The molecule has 0 aliphatic carbocycles. The highest BCUT2D eigenvalue weighted by Gasteiger charge is 2.45. The zero-order chi connectivity index (χ0) is 31.2. The van der Waals surface area contributed by atoms with E-state index in [1.54, 1.807) is 0 Å². The lowest BCUT2D eigenvalue weighted by Gasteiger charge is -2.39. The highest BCUT2D eigenvalue weighted by molar-refractivity contribution is 5.86. The van der Waals surface area contributed by atoms with Crippen molar-refractivity contribution >= 4 is 11.0 Å². The average molecular weight is 611 g/mol. The van der Waals surface area contributed by atoms with Gasteiger partial charge < -0.3 is 74.4 Å². The predicted molar refractivity (Wildman–Crippen MR) is 141 cm³/mol. The van der Waals surface area contributed by atoms with Crippen LogP contribution >= 0.6 is 0 Å². The number of hydrogen-bond acceptors (Lipinski definition) is 16. The van der Waals surface area contributed by atoms with Gasteiger partial charge in [-0.2, -0.15) is 0 Å². The maximum Gasteiger partial charge on any atom is 0.229 e. The van der Waals surface area contributed by atoms with Crippen LogP contribution in [0.25, 0.3) is 22.3 Å². The SMILES string of the molecule is O=c1cc(-c2cc(O)c(O)cc2OC[C@@H]2OC[C@@H](O)[C@H](O)[C@H]2O)oc2cc(O[C@@H]3O[C@H](CO)[C@@H](O)[C@H](O)[C@H]3O)cc(O)c12. The Bertz CT molecular complexity index is 1520. The van der Waals surface area contributed by atoms with Gasteiger partial charge in [-0.15, -0.1) is 0 Å². The highest BCUT2D eigenvalue weighted by atomic mass is 16.7. The summed E-state index contributed by atoms with van der Waals surface area (Å²) >= 11 is 0. The molecule has 10 N–H and O–H groups in total. The van der Waals surface area contributed by atoms with E-state index in [2.05, 4.69) is 0 Å². The summed E-state index contributed by atoms with van der Waals surface area (Å²) in [6.07, 6.45) is -13.4. The maximum absolute atomic E-state index is 13.0. The molecule has 234 valence electrons. The van der Waals surface area contributed by atoms with Crippen LogP contribution in [0.4, 0.5) is 0 Å². The van der Waals surface area contributed by atoms with E-state index >= 15 is 0 Å². The Morgan fingerprint density at radius 3 is 2.21 bits per heavy atom. The standard InChI is InChI=1S/C27H30O16/c28-6-19-23(35)25(37)26(38)27(43-19)41-9-1-13(31)21-14(32)5-17(42-18(21)2-9)10-3-11(29)12(30)4-16(10)40-8-20-24(36)22(34)15(33)7-39-20/h1-5,15,19-20,22-31,33-38H,6-8H2/t15-,19-,20+,22+,23-,24+,25+,26-,27-/m1/s1. The molecule has 3 heterocycles. The lowest BCUT2D eigenvalue weighted by molar-refractivity contribution is -0.277. The van der Waals surface area contributed by atoms with Gasteiger partial charge >= 0.3 is 0 Å². The minimum atomic E-state index is -1.76. The predicted octanol–water partition coefficient (Wildman–Crippen LogP) is -2.38. The van der Waals surface area contributed by atoms with E-state index in [1.807, 2.05) is 0 Å². The van der Waals surface area contributed by atoms with E-state index < -0.39 is 91.0 Å². The third kappa shape index (κ3) is 5.92. The summed E-state index contributed by atoms with van der Waals surface area (Å²) < 4.78 is 27.7. The van der Waals surface area contributed by atoms with Crippen molar-refractivity contribution in [3.05, 3.63) is 40.6 Å². The molecule has 1 aromatic heterocycles. The van der Waals surface area contributed by atoms with E-state index in [0.29, 0.717) is 0 Å². The van der Waals surface area contributed by atoms with Crippen LogP contribution < -0.4 is 14.9 Å². The first-order chi connectivity index (χ1) is 20.4. The molecule has 16 nitrogen and oxygen atoms in total. The van der Waals surface area contributed by atoms with Crippen LogP contribution in [0.2, 0.25) is 0 Å². The second-order valence-corrected chi connectivity index (χ2v) is 10.2. The van der Waals surface area contributed by atoms with Crippen molar-refractivity contribution in [2.45, 2.75) is 55.1 Å². The molecule has 0 saturated carbocycles. The molecule has 2 fully saturated rings. The molecule has 2 saturated heterocycles. The summed E-state index contributed by atoms with van der Waals surface area (Å²) in [6.45, 7) is -1.38. The number of rotatable bonds is 7. The fourth-order valence-corrected chi connectivity index (χ4v) is 4.80. The van der Waals surface area contributed by atoms with Gasteiger partial charge in [0.1, 0.15) is 89.4 Å². The van der Waals surface area contributed by atoms with Crippen LogP contribution in [0.15, 0.2) is 39.5 Å². The number of aliphatic hydroxyl groups is 7. The van der Waals surface area contributed by atoms with Crippen LogP contribution in [-0.4, -0.2) is 126 Å². The van der Waals surface area contributed by atoms with Gasteiger partial charge in [-0.1, -0.05) is 0 Å². The second kappa shape index (κ2) is 12.1. The quantitative estimate of drug-likeness (QED) is 0.125. The van der Waals surface area contributed by atoms with Crippen molar-refractivity contribution in [2.75, 3.05) is 19.8 Å². The number of ether oxygens (including phenoxy) is 4. The van der Waals surface area contributed by atoms with E-state index in [-0.39, 0.29) is 40.4 Å². The Morgan fingerprint density at radius 1 is 0.791 bits per heavy atom. The number of phenols is 3. The van der Waals surface area contributed by atoms with Crippen molar-refractivity contribution in [1.29, 1.82) is 0 Å². The lowest BCUT2D eigenvalue weighted by Crippen LogP contribution is -2.60. The first-order valence-electron chi connectivity index (χ1n) is 13.0. The molecular formula is C27H30O16. The Morgan fingerprint density at radius 2 is 1.49 bits per heavy atom. The first kappa shape index (κ1) is 30.7. The molecule has 2 aliphatic heterocycles. The third-order valence-corrected chi connectivity index (χ3v) is 7.24. The van der Waals surface area contributed by atoms with Gasteiger partial charge in [0.15, 0.2) is 16.9 Å². The number of hydrogen-bond donors (Lipinski definition) is 10. The van der Waals surface area contributed by atoms with Crippen LogP contribution in [0.1, 0.15) is 0 Å². The fourth-order valence-electron chi connectivity index (χ4n) is 4.80. The number of fused-ring (bicyclic) bond motifs is 1. The van der Waals surface area contributed by atoms with Crippen LogP contribution in [-0.2, 0) is 9.47 Å². The topological polar surface area (TPSA) is 269 Å². The third-order valence-electron chi connectivity index (χ3n) is 7.24. The van der Waals surface area contributed by atoms with Crippen molar-refractivity contribution in [1.82, 2.24) is 0 Å². The fraction of sp³-hybridized carbons (Fsp3) is 0.444. The smallest absolute Gasteiger partial charge is 0.229 e. The van der Waals surface area contributed by atoms with E-state index in [1.165, 1.54) is 0 Å². The first-order valence-corrected chi connectivity index (χ1v) is 13.0. The van der Waals surface area contributed by atoms with Gasteiger partial charge in [0.2, 0.25) is 6.29 Å². The van der Waals surface area contributed by atoms with Crippen LogP contribution in [0.5, 0.6) is 28.7 Å². The molecule has 0 bridgehead atoms. The van der Waals surface area contributed by atoms with Gasteiger partial charge in [0, 0.05) is 24.3 Å². The minimum Gasteiger partial charge on any atom is -0.507 e. The van der Waals surface area contributed by atoms with Crippen LogP contribution in [0.3, 0.4) is 0 Å². The average Bonchev–Trinajstić information content (AvgIpc) is 2.97. The monoisotopic (exact) mass is 610 g/mol. The summed E-state index contributed by atoms with van der Waals surface area (Å²) in [4.78, 5) is 13.0. The molecule has 2 aromatic carbocycles. The van der Waals surface area contributed by atoms with Crippen molar-refractivity contribution < 1.29 is 74.4 Å². The summed E-state index contributed by atoms with van der Waals surface area (Å²) in [7, 11) is 0. The van der Waals surface area contributed by atoms with E-state index in [4.69, 9.17) is 23.4 Å². The van der Waals surface area contributed by atoms with Gasteiger partial charge in [-0.05, 0) is 6.07 Å². The number of aromatic hydroxyl groups is 3. The largest absolute Gasteiger partial charge is 0.507 e. The van der Waals surface area contributed by atoms with Gasteiger partial charge in [0.05, 0.1) is 18.8 Å². The van der Waals surface area contributed by atoms with E-state index in [0.717, 1.165) is 30.3 Å². The summed E-state index contributed by atoms with van der Waals surface area (Å²) in [6, 6.07) is 5.18. The molecule has 9 atom stereocenters. The minimum absolute atomic E-state index is 0.0556. The number of phenolic OH excluding ortho intramolecular Hbond substituents is 3. The molecule has 0 unspecified atom stereocenters. The van der Waals surface area contributed by atoms with E-state index in [9.17, 15) is 55.9 Å². The van der Waals surface area contributed by atoms with Crippen molar-refractivity contribution in [2.24, 2.45) is 0 Å². The number of benzene rings is 2. The molecule has 0 spiro atoms. The summed E-state index contributed by atoms with van der Waals surface area (Å²) in [5.74, 6) is -2.37. The Labute approximate surface area is 241 Å². The molecule has 43 heavy (non-hydrogen) atoms. The number of aliphatic hydroxyl groups excluding tert-OH is 7. The molecule has 5 rings (SSSR count). The molecule has 3 aromatic rings. The van der Waals surface area contributed by atoms with Crippen LogP contribution in [0, 0.1) is 0 Å². The maximum atomic E-state index is 13.0. The molecular weight excluding hydrogens is 580 g/mol. The highest BCUT2D eigenvalue weighted by Crippen LogP contribution is 2.41. The molecule has 2 aliphatic rings. The summed E-state index contributed by atoms with van der Waals surface area (Å²) in [5, 5.41) is 100. The Hall–Kier alpha value is -3.71. The molecule has 0 radical (unpaired) electrons. The van der Waals surface area contributed by atoms with Crippen molar-refractivity contribution in [3.8, 4) is 40.1 Å². The summed E-state index contributed by atoms with van der Waals surface area (Å²) in [5.41, 5.74) is -1.04. The zero-order valence-electron chi connectivity index (χ0n) is 22.1. The van der Waals surface area contributed by atoms with Gasteiger partial charge in [0.25, 0.3) is 0 Å². The molecule has 16 heteroatoms. The lowest BCUT2D eigenvalue weighted by atomic mass is 9.99. The zero-order valence-corrected chi connectivity index (χ0v) is 22.1. The van der Waals surface area contributed by atoms with Gasteiger partial charge in [-0.25, -0.2) is 0 Å².